The van der Waals surface area contributed by atoms with Crippen LogP contribution in [0.2, 0.25) is 0 Å². The van der Waals surface area contributed by atoms with Crippen molar-refractivity contribution in [3.63, 3.8) is 0 Å². The third-order valence-corrected chi connectivity index (χ3v) is 10.4. The third kappa shape index (κ3) is 9.14. The Balaban J connectivity index is 1.47. The van der Waals surface area contributed by atoms with Gasteiger partial charge in [0.25, 0.3) is 26.1 Å². The van der Waals surface area contributed by atoms with E-state index in [9.17, 15) is 50.8 Å². The Labute approximate surface area is 321 Å². The lowest BCUT2D eigenvalue weighted by molar-refractivity contribution is -0.130. The van der Waals surface area contributed by atoms with Gasteiger partial charge < -0.3 is 15.3 Å². The quantitative estimate of drug-likeness (QED) is 0.0563. The van der Waals surface area contributed by atoms with Gasteiger partial charge in [-0.1, -0.05) is 34.5 Å². The molecule has 0 radical (unpaired) electrons. The molecule has 1 amide bonds. The maximum absolute atomic E-state index is 13.0. The Morgan fingerprint density at radius 1 is 0.964 bits per heavy atom. The Hall–Kier alpha value is -6.17. The average molecular weight is 901 g/mol. The van der Waals surface area contributed by atoms with Crippen molar-refractivity contribution < 1.29 is 50.8 Å². The van der Waals surface area contributed by atoms with Gasteiger partial charge in [0.15, 0.2) is 17.2 Å². The van der Waals surface area contributed by atoms with Crippen LogP contribution in [-0.4, -0.2) is 68.6 Å². The van der Waals surface area contributed by atoms with Crippen molar-refractivity contribution >= 4 is 90.1 Å². The second-order valence-electron chi connectivity index (χ2n) is 10.8. The van der Waals surface area contributed by atoms with Gasteiger partial charge in [-0.2, -0.15) is 47.4 Å². The lowest BCUT2D eigenvalue weighted by atomic mass is 10.1. The summed E-state index contributed by atoms with van der Waals surface area (Å²) in [6.45, 7) is 5.19. The van der Waals surface area contributed by atoms with E-state index < -0.39 is 108 Å². The number of halogens is 1. The van der Waals surface area contributed by atoms with E-state index in [0.717, 1.165) is 5.01 Å². The van der Waals surface area contributed by atoms with Crippen LogP contribution in [0.15, 0.2) is 152 Å². The minimum atomic E-state index is -5.21. The number of hydrogen-bond acceptors (Lipinski definition) is 15. The minimum absolute atomic E-state index is 0.0754. The molecule has 55 heavy (non-hydrogen) atoms. The first-order valence-corrected chi connectivity index (χ1v) is 20.3. The highest BCUT2D eigenvalue weighted by atomic mass is 127. The fourth-order valence-electron chi connectivity index (χ4n) is 4.67. The van der Waals surface area contributed by atoms with Crippen LogP contribution in [0.3, 0.4) is 0 Å². The van der Waals surface area contributed by atoms with Gasteiger partial charge in [0.2, 0.25) is 6.04 Å². The number of carbonyl (C=O) groups is 2. The summed E-state index contributed by atoms with van der Waals surface area (Å²) in [7, 11) is -10.4. The number of allylic oxidation sites excluding steroid dienone is 6. The van der Waals surface area contributed by atoms with Crippen LogP contribution in [0.25, 0.3) is 10.8 Å². The SMILES string of the molecule is C=C(/C=C\C(=C/C)N=NC1C(=O)N(c2ccccc2)N=C1C(=O)O)N=Nc1c(S(=O)(=O)O)cc2cc(S(=O)(=O)O)c(N=NC3=CC=C=IC=C3)c(O)c2c1O. The lowest BCUT2D eigenvalue weighted by Gasteiger charge is -2.13. The third-order valence-electron chi connectivity index (χ3n) is 7.19. The molecule has 0 spiro atoms. The Morgan fingerprint density at radius 3 is 2.20 bits per heavy atom. The van der Waals surface area contributed by atoms with E-state index in [1.54, 1.807) is 53.5 Å². The summed E-state index contributed by atoms with van der Waals surface area (Å²) in [6, 6.07) is 7.87. The summed E-state index contributed by atoms with van der Waals surface area (Å²) in [5.74, 6) is -4.40. The lowest BCUT2D eigenvalue weighted by Crippen LogP contribution is -2.33. The van der Waals surface area contributed by atoms with Gasteiger partial charge in [0.05, 0.1) is 28.2 Å². The summed E-state index contributed by atoms with van der Waals surface area (Å²) in [4.78, 5) is 22.7. The monoisotopic (exact) mass is 900 g/mol. The largest absolute Gasteiger partial charge is 0.505 e. The number of amides is 1. The first kappa shape index (κ1) is 40.0. The van der Waals surface area contributed by atoms with Crippen LogP contribution in [0.5, 0.6) is 11.5 Å². The van der Waals surface area contributed by atoms with Crippen molar-refractivity contribution in [2.24, 2.45) is 35.8 Å². The van der Waals surface area contributed by atoms with Gasteiger partial charge >= 0.3 is 5.97 Å². The molecule has 2 aliphatic heterocycles. The molecule has 3 aromatic carbocycles. The molecule has 282 valence electrons. The number of nitrogens with zero attached hydrogens (tertiary/aromatic N) is 8. The van der Waals surface area contributed by atoms with Crippen LogP contribution >= 0.6 is 20.7 Å². The number of aromatic hydroxyl groups is 2. The normalized spacial score (nSPS) is 16.8. The molecule has 1 unspecified atom stereocenters. The van der Waals surface area contributed by atoms with E-state index in [1.807, 2.05) is 0 Å². The number of hydrazone groups is 1. The van der Waals surface area contributed by atoms with E-state index >= 15 is 0 Å². The summed E-state index contributed by atoms with van der Waals surface area (Å²) in [5, 5.41) is 58.6. The Morgan fingerprint density at radius 2 is 1.60 bits per heavy atom. The van der Waals surface area contributed by atoms with E-state index in [4.69, 9.17) is 0 Å². The number of carbonyl (C=O) groups excluding carboxylic acids is 1. The zero-order valence-electron chi connectivity index (χ0n) is 27.8. The second-order valence-corrected chi connectivity index (χ2v) is 15.5. The van der Waals surface area contributed by atoms with Crippen molar-refractivity contribution in [3.8, 4) is 11.5 Å². The van der Waals surface area contributed by atoms with Gasteiger partial charge in [0.1, 0.15) is 21.2 Å². The predicted molar refractivity (Wildman–Crippen MR) is 206 cm³/mol. The number of carboxylic acid groups (broad SMARTS) is 1. The van der Waals surface area contributed by atoms with Gasteiger partial charge in [-0.25, -0.2) is 4.79 Å². The van der Waals surface area contributed by atoms with Gasteiger partial charge in [-0.05, 0) is 91.8 Å². The molecule has 5 N–H and O–H groups in total. The first-order chi connectivity index (χ1) is 26.0. The predicted octanol–water partition coefficient (Wildman–Crippen LogP) is 6.53. The van der Waals surface area contributed by atoms with E-state index in [2.05, 4.69) is 46.0 Å². The number of aliphatic carboxylic acids is 1. The van der Waals surface area contributed by atoms with Crippen LogP contribution in [0.1, 0.15) is 6.92 Å². The molecular weight excluding hydrogens is 875 g/mol. The molecule has 1 atom stereocenters. The van der Waals surface area contributed by atoms with Crippen molar-refractivity contribution in [2.45, 2.75) is 22.8 Å². The van der Waals surface area contributed by atoms with E-state index in [-0.39, 0.29) is 17.1 Å². The number of rotatable bonds is 12. The highest BCUT2D eigenvalue weighted by Crippen LogP contribution is 2.50. The fourth-order valence-corrected chi connectivity index (χ4v) is 7.13. The molecule has 0 saturated heterocycles. The van der Waals surface area contributed by atoms with Gasteiger partial charge in [-0.3, -0.25) is 13.9 Å². The topological polar surface area (TPSA) is 293 Å². The Kier molecular flexibility index (Phi) is 12.0. The molecule has 2 heterocycles. The smallest absolute Gasteiger partial charge is 0.355 e. The summed E-state index contributed by atoms with van der Waals surface area (Å²) >= 11 is -0.521. The summed E-state index contributed by atoms with van der Waals surface area (Å²) in [6.07, 6.45) is 8.53. The van der Waals surface area contributed by atoms with Crippen LogP contribution < -0.4 is 5.01 Å². The van der Waals surface area contributed by atoms with Crippen molar-refractivity contribution in [3.05, 3.63) is 107 Å². The molecule has 0 saturated carbocycles. The fraction of sp³-hybridized carbons (Fsp3) is 0.0606. The number of carboxylic acids is 1. The number of anilines is 1. The second kappa shape index (κ2) is 16.5. The standard InChI is InChI=1S/C33H25IN8O11S2/c1-3-20(36-40-28-29(33(46)47)41-42(32(28)45)22-9-5-4-6-10-22)12-11-18(2)35-38-26-23(54(48,49)50)16-19-17-24(55(51,52)53)27(31(44)25(19)30(26)43)39-37-21-8-7-14-34-15-13-21/h3-13,15-17,28,43-44H,2H2,1H3,(H,46,47)(H,48,49,50)(H,51,52,53)/b12-11-,20-3+,38-35?,39-37?,40-36?. The zero-order valence-corrected chi connectivity index (χ0v) is 31.6. The molecule has 0 aliphatic carbocycles. The van der Waals surface area contributed by atoms with Gasteiger partial charge in [0, 0.05) is 0 Å². The molecule has 0 bridgehead atoms. The molecule has 19 nitrogen and oxygen atoms in total. The van der Waals surface area contributed by atoms with Crippen molar-refractivity contribution in [1.82, 2.24) is 0 Å². The molecule has 0 fully saturated rings. The number of phenols is 2. The number of benzene rings is 3. The molecular formula is C33H25IN8O11S2. The summed E-state index contributed by atoms with van der Waals surface area (Å²) < 4.78 is 74.0. The minimum Gasteiger partial charge on any atom is -0.505 e. The number of azo groups is 3. The first-order valence-electron chi connectivity index (χ1n) is 15.1. The maximum atomic E-state index is 13.0. The zero-order chi connectivity index (χ0) is 40.1. The van der Waals surface area contributed by atoms with Crippen LogP contribution in [0.4, 0.5) is 17.1 Å². The van der Waals surface area contributed by atoms with Crippen LogP contribution in [0, 0.1) is 0 Å². The van der Waals surface area contributed by atoms with Crippen molar-refractivity contribution in [1.29, 1.82) is 0 Å². The van der Waals surface area contributed by atoms with E-state index in [0.29, 0.717) is 17.8 Å². The number of phenolic OH excluding ortho intramolecular Hbond substituents is 2. The highest BCUT2D eigenvalue weighted by molar-refractivity contribution is 14.2. The molecule has 22 heteroatoms. The molecule has 5 rings (SSSR count). The Bertz CT molecular complexity index is 2700. The van der Waals surface area contributed by atoms with Gasteiger partial charge in [-0.15, -0.1) is 10.2 Å². The highest BCUT2D eigenvalue weighted by Gasteiger charge is 2.41. The maximum Gasteiger partial charge on any atom is 0.355 e. The molecule has 3 aromatic rings. The molecule has 0 aromatic heterocycles. The van der Waals surface area contributed by atoms with E-state index in [1.165, 1.54) is 24.3 Å². The number of fused-ring (bicyclic) bond motifs is 1. The van der Waals surface area contributed by atoms with Crippen molar-refractivity contribution in [2.75, 3.05) is 5.01 Å². The average Bonchev–Trinajstić information content (AvgIpc) is 3.26. The number of para-hydroxylation sites is 1. The summed E-state index contributed by atoms with van der Waals surface area (Å²) in [5.41, 5.74) is -1.89. The number of hydrogen-bond donors (Lipinski definition) is 5. The molecule has 2 aliphatic rings. The van der Waals surface area contributed by atoms with Crippen LogP contribution in [-0.2, 0) is 29.8 Å².